The van der Waals surface area contributed by atoms with E-state index in [1.54, 1.807) is 53.2 Å². The lowest BCUT2D eigenvalue weighted by Gasteiger charge is -2.35. The number of rotatable bonds is 5. The third-order valence-electron chi connectivity index (χ3n) is 4.23. The van der Waals surface area contributed by atoms with E-state index in [1.165, 1.54) is 0 Å². The molecule has 0 aromatic carbocycles. The van der Waals surface area contributed by atoms with Crippen molar-refractivity contribution in [3.8, 4) is 11.5 Å². The topological polar surface area (TPSA) is 77.4 Å². The molecule has 3 aromatic heterocycles. The van der Waals surface area contributed by atoms with Crippen LogP contribution in [0, 0.1) is 6.92 Å². The Kier molecular flexibility index (Phi) is 5.08. The number of aromatic nitrogens is 3. The number of hydrogen-bond acceptors (Lipinski definition) is 7. The van der Waals surface area contributed by atoms with E-state index in [4.69, 9.17) is 9.47 Å². The molecule has 0 spiro atoms. The molecule has 0 saturated carbocycles. The third-order valence-corrected chi connectivity index (χ3v) is 5.05. The Labute approximate surface area is 160 Å². The van der Waals surface area contributed by atoms with Gasteiger partial charge in [0.05, 0.1) is 36.1 Å². The lowest BCUT2D eigenvalue weighted by Crippen LogP contribution is -2.43. The van der Waals surface area contributed by atoms with Gasteiger partial charge in [-0.05, 0) is 25.1 Å². The van der Waals surface area contributed by atoms with Crippen molar-refractivity contribution in [2.75, 3.05) is 13.2 Å². The zero-order valence-corrected chi connectivity index (χ0v) is 15.6. The predicted octanol–water partition coefficient (Wildman–Crippen LogP) is 3.13. The van der Waals surface area contributed by atoms with Crippen molar-refractivity contribution in [1.82, 2.24) is 19.9 Å². The van der Waals surface area contributed by atoms with Crippen LogP contribution in [0.2, 0.25) is 0 Å². The number of aryl methyl sites for hydroxylation is 1. The molecule has 1 aliphatic rings. The van der Waals surface area contributed by atoms with Gasteiger partial charge in [0.15, 0.2) is 0 Å². The molecule has 1 aliphatic heterocycles. The Bertz CT molecular complexity index is 931. The van der Waals surface area contributed by atoms with Crippen LogP contribution in [-0.4, -0.2) is 39.0 Å². The van der Waals surface area contributed by atoms with Gasteiger partial charge in [0.25, 0.3) is 0 Å². The van der Waals surface area contributed by atoms with Crippen LogP contribution in [0.3, 0.4) is 0 Å². The van der Waals surface area contributed by atoms with E-state index in [1.807, 2.05) is 18.4 Å². The minimum atomic E-state index is -0.298. The number of hydrogen-bond donors (Lipinski definition) is 0. The molecule has 27 heavy (non-hydrogen) atoms. The highest BCUT2D eigenvalue weighted by atomic mass is 32.1. The van der Waals surface area contributed by atoms with Gasteiger partial charge in [-0.25, -0.2) is 4.98 Å². The van der Waals surface area contributed by atoms with E-state index in [9.17, 15) is 4.79 Å². The van der Waals surface area contributed by atoms with Crippen LogP contribution in [0.4, 0.5) is 0 Å². The van der Waals surface area contributed by atoms with Crippen molar-refractivity contribution in [3.05, 3.63) is 64.6 Å². The first kappa shape index (κ1) is 17.6. The Morgan fingerprint density at radius 2 is 2.19 bits per heavy atom. The molecule has 0 bridgehead atoms. The maximum Gasteiger partial charge on any atom is 0.249 e. The van der Waals surface area contributed by atoms with Crippen molar-refractivity contribution in [1.29, 1.82) is 0 Å². The lowest BCUT2D eigenvalue weighted by atomic mass is 10.1. The first-order valence-electron chi connectivity index (χ1n) is 8.50. The van der Waals surface area contributed by atoms with Gasteiger partial charge in [-0.1, -0.05) is 0 Å². The number of thiazole rings is 1. The van der Waals surface area contributed by atoms with Gasteiger partial charge in [-0.15, -0.1) is 11.3 Å². The Hall–Kier alpha value is -2.84. The summed E-state index contributed by atoms with van der Waals surface area (Å²) < 4.78 is 11.5. The standard InChI is InChI=1S/C19H18N4O3S/c1-13-22-14(12-27-13)9-23-17(10-25-11-19(23)24)16-8-21-6-4-18(16)26-15-3-2-5-20-7-15/h2-8,12,17H,9-11H2,1H3. The highest BCUT2D eigenvalue weighted by Gasteiger charge is 2.32. The molecule has 1 saturated heterocycles. The second-order valence-corrected chi connectivity index (χ2v) is 7.18. The van der Waals surface area contributed by atoms with E-state index in [-0.39, 0.29) is 18.6 Å². The van der Waals surface area contributed by atoms with Crippen molar-refractivity contribution in [2.45, 2.75) is 19.5 Å². The number of nitrogens with zero attached hydrogens (tertiary/aromatic N) is 4. The van der Waals surface area contributed by atoms with Crippen LogP contribution >= 0.6 is 11.3 Å². The van der Waals surface area contributed by atoms with E-state index < -0.39 is 0 Å². The average Bonchev–Trinajstić information content (AvgIpc) is 3.10. The zero-order chi connectivity index (χ0) is 18.6. The van der Waals surface area contributed by atoms with Gasteiger partial charge in [0, 0.05) is 29.5 Å². The summed E-state index contributed by atoms with van der Waals surface area (Å²) in [5.74, 6) is 1.17. The van der Waals surface area contributed by atoms with Crippen LogP contribution in [-0.2, 0) is 16.1 Å². The van der Waals surface area contributed by atoms with E-state index >= 15 is 0 Å². The van der Waals surface area contributed by atoms with Gasteiger partial charge in [-0.3, -0.25) is 14.8 Å². The Balaban J connectivity index is 1.64. The summed E-state index contributed by atoms with van der Waals surface area (Å²) in [5.41, 5.74) is 1.66. The monoisotopic (exact) mass is 382 g/mol. The predicted molar refractivity (Wildman–Crippen MR) is 99.5 cm³/mol. The summed E-state index contributed by atoms with van der Waals surface area (Å²) in [6.45, 7) is 2.83. The van der Waals surface area contributed by atoms with Crippen molar-refractivity contribution < 1.29 is 14.3 Å². The van der Waals surface area contributed by atoms with Crippen LogP contribution < -0.4 is 4.74 Å². The minimum Gasteiger partial charge on any atom is -0.455 e. The average molecular weight is 382 g/mol. The Morgan fingerprint density at radius 1 is 1.30 bits per heavy atom. The molecule has 8 heteroatoms. The van der Waals surface area contributed by atoms with E-state index in [0.717, 1.165) is 16.3 Å². The highest BCUT2D eigenvalue weighted by Crippen LogP contribution is 2.34. The number of carbonyl (C=O) groups excluding carboxylic acids is 1. The normalized spacial score (nSPS) is 17.1. The second-order valence-electron chi connectivity index (χ2n) is 6.11. The third kappa shape index (κ3) is 3.96. The van der Waals surface area contributed by atoms with Crippen molar-refractivity contribution in [2.24, 2.45) is 0 Å². The maximum absolute atomic E-state index is 12.6. The van der Waals surface area contributed by atoms with E-state index in [0.29, 0.717) is 24.7 Å². The van der Waals surface area contributed by atoms with Crippen molar-refractivity contribution in [3.63, 3.8) is 0 Å². The molecule has 0 radical (unpaired) electrons. The molecule has 4 heterocycles. The summed E-state index contributed by atoms with van der Waals surface area (Å²) in [5, 5.41) is 2.95. The fourth-order valence-electron chi connectivity index (χ4n) is 2.99. The fraction of sp³-hybridized carbons (Fsp3) is 0.263. The summed E-state index contributed by atoms with van der Waals surface area (Å²) >= 11 is 1.57. The second kappa shape index (κ2) is 7.81. The van der Waals surface area contributed by atoms with Crippen LogP contribution in [0.5, 0.6) is 11.5 Å². The first-order chi connectivity index (χ1) is 13.2. The molecule has 1 unspecified atom stereocenters. The smallest absolute Gasteiger partial charge is 0.249 e. The molecule has 7 nitrogen and oxygen atoms in total. The quantitative estimate of drug-likeness (QED) is 0.675. The molecule has 1 fully saturated rings. The molecule has 1 atom stereocenters. The van der Waals surface area contributed by atoms with Crippen molar-refractivity contribution >= 4 is 17.2 Å². The molecule has 4 rings (SSSR count). The number of ether oxygens (including phenoxy) is 2. The summed E-state index contributed by atoms with van der Waals surface area (Å²) in [6.07, 6.45) is 6.71. The summed E-state index contributed by atoms with van der Waals surface area (Å²) in [6, 6.07) is 5.12. The molecule has 138 valence electrons. The van der Waals surface area contributed by atoms with Gasteiger partial charge >= 0.3 is 0 Å². The maximum atomic E-state index is 12.6. The summed E-state index contributed by atoms with van der Waals surface area (Å²) in [7, 11) is 0. The number of pyridine rings is 2. The van der Waals surface area contributed by atoms with Gasteiger partial charge in [0.2, 0.25) is 5.91 Å². The van der Waals surface area contributed by atoms with Gasteiger partial charge < -0.3 is 14.4 Å². The Morgan fingerprint density at radius 3 is 2.96 bits per heavy atom. The van der Waals surface area contributed by atoms with E-state index in [2.05, 4.69) is 15.0 Å². The van der Waals surface area contributed by atoms with Gasteiger partial charge in [-0.2, -0.15) is 0 Å². The first-order valence-corrected chi connectivity index (χ1v) is 9.38. The van der Waals surface area contributed by atoms with Gasteiger partial charge in [0.1, 0.15) is 18.1 Å². The van der Waals surface area contributed by atoms with Crippen LogP contribution in [0.15, 0.2) is 48.4 Å². The molecule has 1 amide bonds. The summed E-state index contributed by atoms with van der Waals surface area (Å²) in [4.78, 5) is 27.1. The molecule has 0 aliphatic carbocycles. The SMILES string of the molecule is Cc1nc(CN2C(=O)COCC2c2cnccc2Oc2cccnc2)cs1. The zero-order valence-electron chi connectivity index (χ0n) is 14.7. The minimum absolute atomic E-state index is 0.0681. The number of carbonyl (C=O) groups is 1. The molecule has 0 N–H and O–H groups in total. The molecule has 3 aromatic rings. The molecular formula is C19H18N4O3S. The molecular weight excluding hydrogens is 364 g/mol. The number of amides is 1. The fourth-order valence-corrected chi connectivity index (χ4v) is 3.59. The lowest BCUT2D eigenvalue weighted by molar-refractivity contribution is -0.149. The highest BCUT2D eigenvalue weighted by molar-refractivity contribution is 7.09. The number of morpholine rings is 1. The van der Waals surface area contributed by atoms with Crippen LogP contribution in [0.1, 0.15) is 22.3 Å². The van der Waals surface area contributed by atoms with Crippen LogP contribution in [0.25, 0.3) is 0 Å². The largest absolute Gasteiger partial charge is 0.455 e.